The number of hydrogen-bond donors (Lipinski definition) is 1. The maximum Gasteiger partial charge on any atom is 0.189 e. The van der Waals surface area contributed by atoms with Gasteiger partial charge in [0.25, 0.3) is 0 Å². The second-order valence-corrected chi connectivity index (χ2v) is 4.78. The first-order valence-corrected chi connectivity index (χ1v) is 6.55. The molecule has 0 aliphatic carbocycles. The molecule has 0 amide bonds. The highest BCUT2D eigenvalue weighted by Crippen LogP contribution is 2.28. The Morgan fingerprint density at radius 3 is 2.62 bits per heavy atom. The zero-order chi connectivity index (χ0) is 14.8. The van der Waals surface area contributed by atoms with Gasteiger partial charge in [0.2, 0.25) is 0 Å². The number of aromatic nitrogens is 4. The van der Waals surface area contributed by atoms with E-state index in [9.17, 15) is 0 Å². The number of nitrogen functional groups attached to an aromatic ring is 1. The van der Waals surface area contributed by atoms with Crippen molar-refractivity contribution in [3.8, 4) is 22.8 Å². The van der Waals surface area contributed by atoms with Crippen LogP contribution in [0.4, 0.5) is 5.69 Å². The number of tetrazole rings is 1. The van der Waals surface area contributed by atoms with Crippen LogP contribution in [0.2, 0.25) is 5.02 Å². The molecule has 0 aliphatic rings. The monoisotopic (exact) mass is 301 g/mol. The van der Waals surface area contributed by atoms with Gasteiger partial charge in [-0.1, -0.05) is 11.6 Å². The van der Waals surface area contributed by atoms with E-state index in [1.54, 1.807) is 30.0 Å². The fourth-order valence-electron chi connectivity index (χ4n) is 1.97. The lowest BCUT2D eigenvalue weighted by molar-refractivity contribution is 0.414. The third kappa shape index (κ3) is 2.53. The molecule has 0 atom stereocenters. The second kappa shape index (κ2) is 5.41. The summed E-state index contributed by atoms with van der Waals surface area (Å²) in [5.74, 6) is 1.29. The number of rotatable bonds is 3. The molecule has 106 valence electrons. The topological polar surface area (TPSA) is 78.8 Å². The molecular weight excluding hydrogens is 290 g/mol. The van der Waals surface area contributed by atoms with Crippen molar-refractivity contribution in [3.05, 3.63) is 47.5 Å². The van der Waals surface area contributed by atoms with Gasteiger partial charge in [0.05, 0.1) is 12.8 Å². The number of nitrogens with two attached hydrogens (primary N) is 1. The lowest BCUT2D eigenvalue weighted by Crippen LogP contribution is -2.01. The van der Waals surface area contributed by atoms with Crippen molar-refractivity contribution < 1.29 is 4.74 Å². The molecule has 0 aliphatic heterocycles. The fraction of sp³-hybridized carbons (Fsp3) is 0.0714. The van der Waals surface area contributed by atoms with Crippen molar-refractivity contribution in [1.82, 2.24) is 20.2 Å². The molecule has 0 bridgehead atoms. The maximum absolute atomic E-state index is 6.02. The zero-order valence-corrected chi connectivity index (χ0v) is 11.9. The molecule has 0 spiro atoms. The van der Waals surface area contributed by atoms with Crippen molar-refractivity contribution in [3.63, 3.8) is 0 Å². The van der Waals surface area contributed by atoms with Crippen LogP contribution in [0, 0.1) is 0 Å². The van der Waals surface area contributed by atoms with Gasteiger partial charge >= 0.3 is 0 Å². The highest BCUT2D eigenvalue weighted by atomic mass is 35.5. The van der Waals surface area contributed by atoms with Crippen LogP contribution in [-0.2, 0) is 0 Å². The molecule has 3 rings (SSSR count). The van der Waals surface area contributed by atoms with Crippen molar-refractivity contribution in [1.29, 1.82) is 0 Å². The normalized spacial score (nSPS) is 10.6. The second-order valence-electron chi connectivity index (χ2n) is 4.34. The number of nitrogens with zero attached hydrogens (tertiary/aromatic N) is 4. The molecule has 2 N–H and O–H groups in total. The van der Waals surface area contributed by atoms with Gasteiger partial charge in [0.1, 0.15) is 5.75 Å². The van der Waals surface area contributed by atoms with Gasteiger partial charge in [0.15, 0.2) is 5.82 Å². The summed E-state index contributed by atoms with van der Waals surface area (Å²) in [6, 6.07) is 12.6. The van der Waals surface area contributed by atoms with Gasteiger partial charge in [-0.2, -0.15) is 4.68 Å². The van der Waals surface area contributed by atoms with Gasteiger partial charge in [0, 0.05) is 16.3 Å². The summed E-state index contributed by atoms with van der Waals surface area (Å²) >= 11 is 6.02. The van der Waals surface area contributed by atoms with E-state index >= 15 is 0 Å². The molecule has 6 nitrogen and oxygen atoms in total. The van der Waals surface area contributed by atoms with E-state index < -0.39 is 0 Å². The third-order valence-electron chi connectivity index (χ3n) is 3.04. The first-order valence-electron chi connectivity index (χ1n) is 6.17. The predicted octanol–water partition coefficient (Wildman–Crippen LogP) is 2.57. The Hall–Kier alpha value is -2.60. The minimum absolute atomic E-state index is 0.528. The molecule has 0 unspecified atom stereocenters. The number of methoxy groups -OCH3 is 1. The molecule has 1 heterocycles. The average Bonchev–Trinajstić information content (AvgIpc) is 2.99. The number of hydrogen-bond acceptors (Lipinski definition) is 5. The Morgan fingerprint density at radius 2 is 1.90 bits per heavy atom. The summed E-state index contributed by atoms with van der Waals surface area (Å²) in [5.41, 5.74) is 8.03. The number of benzene rings is 2. The van der Waals surface area contributed by atoms with Gasteiger partial charge in [-0.15, -0.1) is 5.10 Å². The van der Waals surface area contributed by atoms with Crippen molar-refractivity contribution in [2.45, 2.75) is 0 Å². The predicted molar refractivity (Wildman–Crippen MR) is 80.6 cm³/mol. The summed E-state index contributed by atoms with van der Waals surface area (Å²) in [4.78, 5) is 0. The molecule has 0 saturated heterocycles. The largest absolute Gasteiger partial charge is 0.497 e. The van der Waals surface area contributed by atoms with Crippen LogP contribution in [0.3, 0.4) is 0 Å². The first kappa shape index (κ1) is 13.4. The number of ether oxygens (including phenoxy) is 1. The quantitative estimate of drug-likeness (QED) is 0.752. The van der Waals surface area contributed by atoms with Crippen LogP contribution in [0.25, 0.3) is 17.1 Å². The van der Waals surface area contributed by atoms with E-state index in [4.69, 9.17) is 22.1 Å². The molecule has 1 aromatic heterocycles. The van der Waals surface area contributed by atoms with Gasteiger partial charge in [-0.3, -0.25) is 0 Å². The molecular formula is C14H12ClN5O. The summed E-state index contributed by atoms with van der Waals surface area (Å²) < 4.78 is 6.74. The van der Waals surface area contributed by atoms with Crippen LogP contribution in [-0.4, -0.2) is 27.3 Å². The molecule has 3 aromatic rings. The van der Waals surface area contributed by atoms with E-state index in [0.717, 1.165) is 11.4 Å². The highest BCUT2D eigenvalue weighted by molar-refractivity contribution is 6.31. The van der Waals surface area contributed by atoms with Crippen LogP contribution in [0.1, 0.15) is 0 Å². The molecule has 0 fully saturated rings. The minimum Gasteiger partial charge on any atom is -0.497 e. The van der Waals surface area contributed by atoms with E-state index in [1.165, 1.54) is 0 Å². The van der Waals surface area contributed by atoms with Crippen LogP contribution >= 0.6 is 11.6 Å². The van der Waals surface area contributed by atoms with Crippen molar-refractivity contribution in [2.24, 2.45) is 0 Å². The zero-order valence-electron chi connectivity index (χ0n) is 11.2. The summed E-state index contributed by atoms with van der Waals surface area (Å²) in [5, 5.41) is 12.3. The molecule has 2 aromatic carbocycles. The SMILES string of the molecule is COc1ccc(-n2nnnc2-c2cc(Cl)ccc2N)cc1. The summed E-state index contributed by atoms with van der Waals surface area (Å²) in [6.45, 7) is 0. The smallest absolute Gasteiger partial charge is 0.189 e. The maximum atomic E-state index is 6.02. The van der Waals surface area contributed by atoms with Crippen molar-refractivity contribution in [2.75, 3.05) is 12.8 Å². The van der Waals surface area contributed by atoms with Crippen LogP contribution in [0.5, 0.6) is 5.75 Å². The third-order valence-corrected chi connectivity index (χ3v) is 3.28. The van der Waals surface area contributed by atoms with Gasteiger partial charge < -0.3 is 10.5 Å². The lowest BCUT2D eigenvalue weighted by Gasteiger charge is -2.08. The standard InChI is InChI=1S/C14H12ClN5O/c1-21-11-5-3-10(4-6-11)20-14(17-18-19-20)12-8-9(15)2-7-13(12)16/h2-8H,16H2,1H3. The lowest BCUT2D eigenvalue weighted by atomic mass is 10.1. The van der Waals surface area contributed by atoms with Crippen LogP contribution < -0.4 is 10.5 Å². The summed E-state index contributed by atoms with van der Waals surface area (Å²) in [6.07, 6.45) is 0. The Labute approximate surface area is 126 Å². The van der Waals surface area contributed by atoms with Crippen LogP contribution in [0.15, 0.2) is 42.5 Å². The Bertz CT molecular complexity index is 769. The van der Waals surface area contributed by atoms with Gasteiger partial charge in [-0.05, 0) is 52.9 Å². The Morgan fingerprint density at radius 1 is 1.14 bits per heavy atom. The Balaban J connectivity index is 2.10. The van der Waals surface area contributed by atoms with E-state index in [0.29, 0.717) is 22.1 Å². The number of halogens is 1. The summed E-state index contributed by atoms with van der Waals surface area (Å²) in [7, 11) is 1.62. The molecule has 21 heavy (non-hydrogen) atoms. The van der Waals surface area contributed by atoms with Gasteiger partial charge in [-0.25, -0.2) is 0 Å². The average molecular weight is 302 g/mol. The fourth-order valence-corrected chi connectivity index (χ4v) is 2.15. The van der Waals surface area contributed by atoms with E-state index in [-0.39, 0.29) is 0 Å². The highest BCUT2D eigenvalue weighted by Gasteiger charge is 2.14. The van der Waals surface area contributed by atoms with Crippen molar-refractivity contribution >= 4 is 17.3 Å². The molecule has 0 radical (unpaired) electrons. The molecule has 0 saturated carbocycles. The first-order chi connectivity index (χ1) is 10.2. The minimum atomic E-state index is 0.528. The van der Waals surface area contributed by atoms with E-state index in [2.05, 4.69) is 15.5 Å². The van der Waals surface area contributed by atoms with E-state index in [1.807, 2.05) is 24.3 Å². The number of anilines is 1. The molecule has 7 heteroatoms. The Kier molecular flexibility index (Phi) is 3.45.